The van der Waals surface area contributed by atoms with Gasteiger partial charge in [-0.2, -0.15) is 0 Å². The maximum atomic E-state index is 16.2. The van der Waals surface area contributed by atoms with Crippen LogP contribution in [0.4, 0.5) is 43.9 Å². The molecule has 4 aromatic carbocycles. The predicted molar refractivity (Wildman–Crippen MR) is 291 cm³/mol. The van der Waals surface area contributed by atoms with E-state index in [-0.39, 0.29) is 82.5 Å². The molecule has 6 aromatic heterocycles. The van der Waals surface area contributed by atoms with Crippen LogP contribution in [-0.2, 0) is 43.9 Å². The average Bonchev–Trinajstić information content (AvgIpc) is 1.81. The Labute approximate surface area is 492 Å². The molecule has 6 heterocycles. The van der Waals surface area contributed by atoms with E-state index in [2.05, 4.69) is 40.3 Å². The highest BCUT2D eigenvalue weighted by atomic mass is 32.1. The molecule has 0 saturated heterocycles. The molecule has 2 saturated carbocycles. The Balaban J connectivity index is 0.807. The van der Waals surface area contributed by atoms with Crippen molar-refractivity contribution in [1.29, 1.82) is 0 Å². The van der Waals surface area contributed by atoms with E-state index >= 15 is 35.1 Å². The summed E-state index contributed by atoms with van der Waals surface area (Å²) in [5, 5.41) is 16.8. The van der Waals surface area contributed by atoms with Gasteiger partial charge in [0.25, 0.3) is 10.4 Å². The van der Waals surface area contributed by atoms with Gasteiger partial charge in [-0.25, -0.2) is 64.6 Å². The van der Waals surface area contributed by atoms with Gasteiger partial charge in [-0.05, 0) is 74.2 Å². The zero-order valence-electron chi connectivity index (χ0n) is 45.3. The van der Waals surface area contributed by atoms with Gasteiger partial charge in [0.1, 0.15) is 47.5 Å². The number of methoxy groups -OCH3 is 2. The van der Waals surface area contributed by atoms with Crippen molar-refractivity contribution in [2.75, 3.05) is 27.6 Å². The van der Waals surface area contributed by atoms with Crippen molar-refractivity contribution in [3.63, 3.8) is 0 Å². The lowest BCUT2D eigenvalue weighted by atomic mass is 10.0. The highest BCUT2D eigenvalue weighted by molar-refractivity contribution is 7.13. The maximum absolute atomic E-state index is 16.2. The lowest BCUT2D eigenvalue weighted by molar-refractivity contribution is 0.0397. The van der Waals surface area contributed by atoms with E-state index < -0.39 is 140 Å². The summed E-state index contributed by atoms with van der Waals surface area (Å²) in [6, 6.07) is 13.1. The first-order valence-corrected chi connectivity index (χ1v) is 28.0. The minimum Gasteiger partial charge on any atom is -0.472 e. The molecular formula is C58H42F10N10O7S2. The second-order valence-electron chi connectivity index (χ2n) is 20.8. The van der Waals surface area contributed by atoms with Crippen LogP contribution in [0.5, 0.6) is 22.1 Å². The molecule has 2 aliphatic rings. The van der Waals surface area contributed by atoms with E-state index in [0.717, 1.165) is 34.8 Å². The first kappa shape index (κ1) is 58.3. The van der Waals surface area contributed by atoms with Crippen molar-refractivity contribution >= 4 is 56.7 Å². The molecule has 17 nitrogen and oxygen atoms in total. The summed E-state index contributed by atoms with van der Waals surface area (Å²) in [4.78, 5) is 44.6. The molecule has 29 heteroatoms. The Hall–Kier alpha value is -9.12. The van der Waals surface area contributed by atoms with Crippen molar-refractivity contribution in [2.24, 2.45) is 10.8 Å². The quantitative estimate of drug-likeness (QED) is 0.0269. The van der Waals surface area contributed by atoms with Gasteiger partial charge in [-0.3, -0.25) is 8.78 Å². The smallest absolute Gasteiger partial charge is 0.346 e. The number of pyridine rings is 2. The topological polar surface area (TPSA) is 193 Å². The Morgan fingerprint density at radius 3 is 1.31 bits per heavy atom. The normalized spacial score (nSPS) is 14.0. The first-order chi connectivity index (χ1) is 41.9. The van der Waals surface area contributed by atoms with Crippen LogP contribution in [0.15, 0.2) is 72.8 Å². The predicted octanol–water partition coefficient (Wildman–Crippen LogP) is 12.2. The third kappa shape index (κ3) is 11.6. The molecule has 0 spiro atoms. The van der Waals surface area contributed by atoms with Crippen LogP contribution in [-0.4, -0.2) is 89.0 Å². The van der Waals surface area contributed by atoms with E-state index in [9.17, 15) is 18.4 Å². The van der Waals surface area contributed by atoms with Crippen molar-refractivity contribution in [2.45, 2.75) is 64.8 Å². The number of rotatable bonds is 22. The number of halogens is 10. The number of alkyl halides is 2. The molecule has 87 heavy (non-hydrogen) atoms. The standard InChI is InChI=1S/C58H42F10N10O7S2/c1-81-55-75-73-45(86-55)21-83-43-7-3-5-37(69-43)31-17-33(61)29(47(65)49(31)67)19-41-71-51-35(63)13-27(15-39(51)77(41)25-57(23-59)9-10-57)53(79)85-54(80)28-14-36(64)52-40(16-28)78(26-58(24-60)11-12-58)42(72-52)20-30-34(62)18-32(50(68)48(30)66)38-6-4-8-44(70-38)84-22-46-74-76-56(82-2)87-46/h3-8,13-18H,9-12,19-26H2,1-2H3. The SMILES string of the molecule is COc1nnc(COc2cccc(-c3cc(F)c(Cc4nc5c(F)cc(C(=O)OC(=O)c6cc(F)c7nc(Cc8c(F)cc(-c9cccc(OCc%10nnc(OC)s%10)n9)c(F)c8F)n(CC8(CF)CC8)c7c6)cc5n4CC4(CF)CC4)c(F)c3F)n2)s1. The molecule has 12 rings (SSSR count). The third-order valence-corrected chi connectivity index (χ3v) is 16.7. The zero-order valence-corrected chi connectivity index (χ0v) is 47.0. The fraction of sp³-hybridized carbons (Fsp3) is 0.276. The second-order valence-corrected chi connectivity index (χ2v) is 22.9. The number of fused-ring (bicyclic) bond motifs is 2. The lowest BCUT2D eigenvalue weighted by Crippen LogP contribution is -2.18. The van der Waals surface area contributed by atoms with E-state index in [1.807, 2.05) is 0 Å². The molecule has 448 valence electrons. The number of benzene rings is 4. The monoisotopic (exact) mass is 1240 g/mol. The number of carbonyl (C=O) groups is 2. The van der Waals surface area contributed by atoms with Crippen LogP contribution < -0.4 is 18.9 Å². The largest absolute Gasteiger partial charge is 0.472 e. The summed E-state index contributed by atoms with van der Waals surface area (Å²) in [5.41, 5.74) is -7.71. The third-order valence-electron chi connectivity index (χ3n) is 15.0. The van der Waals surface area contributed by atoms with Crippen LogP contribution in [0, 0.1) is 57.4 Å². The van der Waals surface area contributed by atoms with Gasteiger partial charge < -0.3 is 32.8 Å². The first-order valence-electron chi connectivity index (χ1n) is 26.4. The summed E-state index contributed by atoms with van der Waals surface area (Å²) < 4.78 is 187. The Bertz CT molecular complexity index is 4110. The minimum atomic E-state index is -1.63. The van der Waals surface area contributed by atoms with E-state index in [1.165, 1.54) is 59.8 Å². The summed E-state index contributed by atoms with van der Waals surface area (Å²) >= 11 is 2.20. The van der Waals surface area contributed by atoms with E-state index in [0.29, 0.717) is 60.0 Å². The number of hydrogen-bond donors (Lipinski definition) is 0. The number of esters is 2. The van der Waals surface area contributed by atoms with Crippen LogP contribution >= 0.6 is 22.7 Å². The zero-order chi connectivity index (χ0) is 61.1. The van der Waals surface area contributed by atoms with Crippen LogP contribution in [0.2, 0.25) is 0 Å². The van der Waals surface area contributed by atoms with Crippen LogP contribution in [0.3, 0.4) is 0 Å². The van der Waals surface area contributed by atoms with Gasteiger partial charge in [0, 0.05) is 71.1 Å². The van der Waals surface area contributed by atoms with Crippen molar-refractivity contribution in [3.8, 4) is 44.7 Å². The molecule has 0 radical (unpaired) electrons. The molecular weight excluding hydrogens is 1200 g/mol. The average molecular weight is 1250 g/mol. The number of carbonyl (C=O) groups excluding carboxylic acids is 2. The fourth-order valence-electron chi connectivity index (χ4n) is 9.81. The van der Waals surface area contributed by atoms with Crippen molar-refractivity contribution in [1.82, 2.24) is 49.5 Å². The lowest BCUT2D eigenvalue weighted by Gasteiger charge is -2.17. The molecule has 0 amide bonds. The second kappa shape index (κ2) is 23.3. The molecule has 0 unspecified atom stereocenters. The Kier molecular flexibility index (Phi) is 15.6. The van der Waals surface area contributed by atoms with Gasteiger partial charge in [-0.1, -0.05) is 45.0 Å². The minimum absolute atomic E-state index is 0.0357. The molecule has 0 atom stereocenters. The number of nitrogens with zero attached hydrogens (tertiary/aromatic N) is 10. The molecule has 10 aromatic rings. The van der Waals surface area contributed by atoms with Crippen LogP contribution in [0.1, 0.15) is 79.2 Å². The van der Waals surface area contributed by atoms with Gasteiger partial charge in [0.15, 0.2) is 44.9 Å². The number of ether oxygens (including phenoxy) is 5. The van der Waals surface area contributed by atoms with E-state index in [4.69, 9.17) is 23.7 Å². The van der Waals surface area contributed by atoms with E-state index in [1.54, 1.807) is 0 Å². The van der Waals surface area contributed by atoms with Gasteiger partial charge in [0.2, 0.25) is 11.8 Å². The number of aromatic nitrogens is 10. The van der Waals surface area contributed by atoms with Gasteiger partial charge in [-0.15, -0.1) is 10.2 Å². The number of hydrogen-bond acceptors (Lipinski definition) is 17. The van der Waals surface area contributed by atoms with Crippen molar-refractivity contribution in [3.05, 3.63) is 163 Å². The highest BCUT2D eigenvalue weighted by Gasteiger charge is 2.45. The maximum Gasteiger partial charge on any atom is 0.346 e. The van der Waals surface area contributed by atoms with Gasteiger partial charge >= 0.3 is 11.9 Å². The Morgan fingerprint density at radius 1 is 0.529 bits per heavy atom. The summed E-state index contributed by atoms with van der Waals surface area (Å²) in [7, 11) is 2.82. The molecule has 0 bridgehead atoms. The molecule has 2 fully saturated rings. The fourth-order valence-corrected chi connectivity index (χ4v) is 10.9. The Morgan fingerprint density at radius 2 is 0.943 bits per heavy atom. The van der Waals surface area contributed by atoms with Crippen molar-refractivity contribution < 1.29 is 77.2 Å². The molecule has 0 aliphatic heterocycles. The summed E-state index contributed by atoms with van der Waals surface area (Å²) in [6.45, 7) is -2.41. The summed E-state index contributed by atoms with van der Waals surface area (Å²) in [5.74, 6) is -14.7. The number of imidazole rings is 2. The molecule has 2 aliphatic carbocycles. The molecule has 0 N–H and O–H groups in total. The summed E-state index contributed by atoms with van der Waals surface area (Å²) in [6.07, 6.45) is -0.197. The highest BCUT2D eigenvalue weighted by Crippen LogP contribution is 2.50. The van der Waals surface area contributed by atoms with Gasteiger partial charge in [0.05, 0.1) is 61.1 Å². The van der Waals surface area contributed by atoms with Crippen LogP contribution in [0.25, 0.3) is 44.6 Å².